The quantitative estimate of drug-likeness (QED) is 0.311. The van der Waals surface area contributed by atoms with Crippen LogP contribution in [0.4, 0.5) is 0 Å². The molecule has 0 spiro atoms. The molecule has 0 rings (SSSR count). The van der Waals surface area contributed by atoms with E-state index in [0.717, 1.165) is 0 Å². The number of hydrogen-bond acceptors (Lipinski definition) is 2. The zero-order chi connectivity index (χ0) is 3.58. The molecule has 0 heterocycles. The molecule has 6 heteroatoms. The van der Waals surface area contributed by atoms with Crippen molar-refractivity contribution >= 4 is 48.9 Å². The maximum Gasteiger partial charge on any atom is 2.00 e. The maximum atomic E-state index is 8.36. The van der Waals surface area contributed by atoms with Crippen LogP contribution in [0.1, 0.15) is 2.85 Å². The van der Waals surface area contributed by atoms with Gasteiger partial charge in [-0.1, -0.05) is 0 Å². The van der Waals surface area contributed by atoms with Crippen LogP contribution in [-0.4, -0.2) is 64.7 Å². The first-order valence-corrected chi connectivity index (χ1v) is 0.565. The molecule has 0 atom stereocenters. The summed E-state index contributed by atoms with van der Waals surface area (Å²) in [4.78, 5) is 8.36. The van der Waals surface area contributed by atoms with Gasteiger partial charge in [-0.05, 0) is 0 Å². The van der Waals surface area contributed by atoms with Gasteiger partial charge in [0.15, 0.2) is 0 Å². The van der Waals surface area contributed by atoms with Gasteiger partial charge >= 0.3 is 48.9 Å². The molecule has 6 heavy (non-hydrogen) atoms. The zero-order valence-electron chi connectivity index (χ0n) is 4.92. The first-order valence-electron chi connectivity index (χ1n) is 0.565. The molecule has 0 radical (unpaired) electrons. The topological polar surface area (TPSA) is 94.9 Å². The average molecular weight is 220 g/mol. The summed E-state index contributed by atoms with van der Waals surface area (Å²) in [6, 6.07) is 0. The summed E-state index contributed by atoms with van der Waals surface area (Å²) in [5.74, 6) is 0. The maximum absolute atomic E-state index is 8.36. The second-order valence-electron chi connectivity index (χ2n) is 0.238. The average Bonchev–Trinajstić information content (AvgIpc) is 0.811. The van der Waals surface area contributed by atoms with Crippen molar-refractivity contribution in [2.45, 2.75) is 0 Å². The summed E-state index contributed by atoms with van der Waals surface area (Å²) in [6.45, 7) is 0. The zero-order valence-corrected chi connectivity index (χ0v) is 7.36. The fourth-order valence-electron chi connectivity index (χ4n) is 0. The normalized spacial score (nSPS) is 4.00. The Morgan fingerprint density at radius 2 is 1.83 bits per heavy atom. The Hall–Kier alpha value is 0.731. The Morgan fingerprint density at radius 1 is 1.83 bits per heavy atom. The fraction of sp³-hybridized carbons (Fsp3) is 0. The van der Waals surface area contributed by atoms with Gasteiger partial charge < -0.3 is 13.5 Å². The smallest absolute Gasteiger partial charge is 1.00 e. The van der Waals surface area contributed by atoms with Crippen LogP contribution in [0.15, 0.2) is 0 Å². The molecule has 0 aromatic heterocycles. The summed E-state index contributed by atoms with van der Waals surface area (Å²) in [5, 5.41) is 13.6. The van der Waals surface area contributed by atoms with E-state index in [2.05, 4.69) is 0 Å². The SMILES string of the molecule is O.O=[N+]([O-])O.[Ba+2].[H-].[H-]. The van der Waals surface area contributed by atoms with Crippen molar-refractivity contribution in [3.63, 3.8) is 0 Å². The molecule has 0 aromatic carbocycles. The van der Waals surface area contributed by atoms with E-state index < -0.39 is 5.09 Å². The first-order chi connectivity index (χ1) is 1.73. The minimum Gasteiger partial charge on any atom is -1.00 e. The van der Waals surface area contributed by atoms with E-state index in [1.165, 1.54) is 0 Å². The van der Waals surface area contributed by atoms with Gasteiger partial charge in [0.1, 0.15) is 0 Å². The van der Waals surface area contributed by atoms with E-state index >= 15 is 0 Å². The molecular weight excluding hydrogens is 215 g/mol. The molecule has 0 unspecified atom stereocenters. The van der Waals surface area contributed by atoms with E-state index in [1.807, 2.05) is 0 Å². The molecule has 0 amide bonds. The number of hydrogen-bond donors (Lipinski definition) is 1. The van der Waals surface area contributed by atoms with Crippen molar-refractivity contribution < 1.29 is 18.6 Å². The van der Waals surface area contributed by atoms with Gasteiger partial charge in [0.2, 0.25) is 0 Å². The second kappa shape index (κ2) is 9.22. The van der Waals surface area contributed by atoms with Crippen LogP contribution in [-0.2, 0) is 0 Å². The van der Waals surface area contributed by atoms with Crippen LogP contribution in [0.5, 0.6) is 0 Å². The van der Waals surface area contributed by atoms with Gasteiger partial charge in [0.05, 0.1) is 0 Å². The van der Waals surface area contributed by atoms with Crippen LogP contribution < -0.4 is 0 Å². The van der Waals surface area contributed by atoms with Crippen LogP contribution in [0.3, 0.4) is 0 Å². The Labute approximate surface area is 76.8 Å². The predicted molar refractivity (Wildman–Crippen MR) is 20.4 cm³/mol. The van der Waals surface area contributed by atoms with Crippen molar-refractivity contribution in [3.8, 4) is 0 Å². The van der Waals surface area contributed by atoms with Crippen molar-refractivity contribution in [1.29, 1.82) is 0 Å². The van der Waals surface area contributed by atoms with E-state index in [9.17, 15) is 0 Å². The molecule has 0 aliphatic rings. The summed E-state index contributed by atoms with van der Waals surface area (Å²) in [7, 11) is 0. The van der Waals surface area contributed by atoms with Crippen molar-refractivity contribution in [2.24, 2.45) is 0 Å². The molecule has 0 saturated carbocycles. The molecule has 0 aliphatic heterocycles. The Balaban J connectivity index is -0.00000000750. The van der Waals surface area contributed by atoms with Gasteiger partial charge in [-0.2, -0.15) is 0 Å². The molecule has 5 nitrogen and oxygen atoms in total. The number of nitrogens with zero attached hydrogens (tertiary/aromatic N) is 1. The summed E-state index contributed by atoms with van der Waals surface area (Å²) in [5.41, 5.74) is 0. The monoisotopic (exact) mass is 221 g/mol. The molecule has 0 fully saturated rings. The molecule has 0 aromatic rings. The second-order valence-corrected chi connectivity index (χ2v) is 0.238. The molecule has 0 saturated heterocycles. The third-order valence-electron chi connectivity index (χ3n) is 0. The fourth-order valence-corrected chi connectivity index (χ4v) is 0. The standard InChI is InChI=1S/Ba.HNO3.H2O.2H/c;2-1(3)4;;;/h;(H,2,3,4);1H2;;/q+2;;;2*-1. The minimum absolute atomic E-state index is 0. The van der Waals surface area contributed by atoms with Gasteiger partial charge in [-0.25, -0.2) is 0 Å². The van der Waals surface area contributed by atoms with E-state index in [0.29, 0.717) is 0 Å². The third kappa shape index (κ3) is 123. The van der Waals surface area contributed by atoms with Crippen molar-refractivity contribution in [1.82, 2.24) is 0 Å². The van der Waals surface area contributed by atoms with Crippen LogP contribution in [0.25, 0.3) is 0 Å². The van der Waals surface area contributed by atoms with E-state index in [4.69, 9.17) is 15.3 Å². The Kier molecular flexibility index (Phi) is 24.4. The van der Waals surface area contributed by atoms with Gasteiger partial charge in [-0.3, -0.25) is 0 Å². The van der Waals surface area contributed by atoms with Gasteiger partial charge in [0.25, 0.3) is 5.09 Å². The van der Waals surface area contributed by atoms with Gasteiger partial charge in [0, 0.05) is 0 Å². The summed E-state index contributed by atoms with van der Waals surface area (Å²) in [6.07, 6.45) is 0. The number of rotatable bonds is 0. The van der Waals surface area contributed by atoms with Crippen molar-refractivity contribution in [3.05, 3.63) is 10.1 Å². The Bertz CT molecular complexity index is 37.0. The third-order valence-corrected chi connectivity index (χ3v) is 0. The van der Waals surface area contributed by atoms with Crippen LogP contribution in [0, 0.1) is 10.1 Å². The first kappa shape index (κ1) is 15.9. The summed E-state index contributed by atoms with van der Waals surface area (Å²) < 4.78 is 0. The molecule has 36 valence electrons. The molecule has 0 aliphatic carbocycles. The molecular formula is H5BaNO4. The molecule has 0 bridgehead atoms. The predicted octanol–water partition coefficient (Wildman–Crippen LogP) is -1.33. The minimum atomic E-state index is -1.50. The van der Waals surface area contributed by atoms with E-state index in [1.54, 1.807) is 0 Å². The van der Waals surface area contributed by atoms with Crippen LogP contribution >= 0.6 is 0 Å². The summed E-state index contributed by atoms with van der Waals surface area (Å²) >= 11 is 0. The van der Waals surface area contributed by atoms with Crippen molar-refractivity contribution in [2.75, 3.05) is 0 Å². The Morgan fingerprint density at radius 3 is 1.83 bits per heavy atom. The van der Waals surface area contributed by atoms with E-state index in [-0.39, 0.29) is 57.2 Å². The van der Waals surface area contributed by atoms with Crippen LogP contribution in [0.2, 0.25) is 0 Å². The molecule has 3 N–H and O–H groups in total. The largest absolute Gasteiger partial charge is 2.00 e. The van der Waals surface area contributed by atoms with Gasteiger partial charge in [-0.15, -0.1) is 10.1 Å².